The summed E-state index contributed by atoms with van der Waals surface area (Å²) in [6.45, 7) is 7.37. The number of nitrogens with zero attached hydrogens (tertiary/aromatic N) is 2. The molecular weight excluding hydrogens is 254 g/mol. The minimum atomic E-state index is -0.340. The number of benzene rings is 1. The number of hydrogen-bond acceptors (Lipinski definition) is 3. The van der Waals surface area contributed by atoms with Gasteiger partial charge in [-0.25, -0.2) is 0 Å². The maximum atomic E-state index is 11.1. The lowest BCUT2D eigenvalue weighted by Crippen LogP contribution is -2.08. The predicted molar refractivity (Wildman–Crippen MR) is 80.0 cm³/mol. The lowest BCUT2D eigenvalue weighted by molar-refractivity contribution is -0.384. The van der Waals surface area contributed by atoms with E-state index in [1.165, 1.54) is 0 Å². The first kappa shape index (κ1) is 14.1. The molecule has 0 bridgehead atoms. The summed E-state index contributed by atoms with van der Waals surface area (Å²) in [6, 6.07) is 7.46. The second-order valence-electron chi connectivity index (χ2n) is 4.85. The van der Waals surface area contributed by atoms with Crippen LogP contribution in [0.3, 0.4) is 0 Å². The largest absolute Gasteiger partial charge is 0.374 e. The van der Waals surface area contributed by atoms with Crippen molar-refractivity contribution in [3.63, 3.8) is 0 Å². The molecule has 0 fully saturated rings. The SMILES string of the molecule is CCn1cccc1CNc1cc(C)c(C)cc1[N+](=O)[O-]. The number of nitro benzene ring substituents is 1. The summed E-state index contributed by atoms with van der Waals surface area (Å²) in [4.78, 5) is 10.8. The van der Waals surface area contributed by atoms with Gasteiger partial charge in [-0.3, -0.25) is 10.1 Å². The van der Waals surface area contributed by atoms with Crippen molar-refractivity contribution in [3.05, 3.63) is 57.4 Å². The molecule has 0 aliphatic heterocycles. The second kappa shape index (κ2) is 5.77. The second-order valence-corrected chi connectivity index (χ2v) is 4.85. The van der Waals surface area contributed by atoms with Crippen LogP contribution in [0.5, 0.6) is 0 Å². The number of hydrogen-bond donors (Lipinski definition) is 1. The fourth-order valence-electron chi connectivity index (χ4n) is 2.20. The highest BCUT2D eigenvalue weighted by Crippen LogP contribution is 2.28. The molecule has 0 aliphatic carbocycles. The van der Waals surface area contributed by atoms with Crippen molar-refractivity contribution in [3.8, 4) is 0 Å². The number of rotatable bonds is 5. The van der Waals surface area contributed by atoms with Gasteiger partial charge in [-0.1, -0.05) is 0 Å². The van der Waals surface area contributed by atoms with Crippen LogP contribution < -0.4 is 5.32 Å². The number of aryl methyl sites for hydroxylation is 3. The fraction of sp³-hybridized carbons (Fsp3) is 0.333. The smallest absolute Gasteiger partial charge is 0.292 e. The molecule has 0 spiro atoms. The van der Waals surface area contributed by atoms with Gasteiger partial charge in [0.15, 0.2) is 0 Å². The molecule has 1 aromatic heterocycles. The van der Waals surface area contributed by atoms with Crippen LogP contribution in [0.1, 0.15) is 23.7 Å². The Morgan fingerprint density at radius 1 is 1.30 bits per heavy atom. The molecular formula is C15H19N3O2. The van der Waals surface area contributed by atoms with Gasteiger partial charge in [0.25, 0.3) is 5.69 Å². The molecule has 1 aromatic carbocycles. The van der Waals surface area contributed by atoms with Crippen LogP contribution in [-0.2, 0) is 13.1 Å². The Kier molecular flexibility index (Phi) is 4.08. The highest BCUT2D eigenvalue weighted by Gasteiger charge is 2.15. The van der Waals surface area contributed by atoms with E-state index in [0.717, 1.165) is 23.4 Å². The van der Waals surface area contributed by atoms with Crippen molar-refractivity contribution in [2.45, 2.75) is 33.9 Å². The molecule has 1 N–H and O–H groups in total. The first-order valence-electron chi connectivity index (χ1n) is 6.66. The lowest BCUT2D eigenvalue weighted by Gasteiger charge is -2.11. The van der Waals surface area contributed by atoms with E-state index >= 15 is 0 Å². The van der Waals surface area contributed by atoms with E-state index in [0.29, 0.717) is 12.2 Å². The Morgan fingerprint density at radius 2 is 2.00 bits per heavy atom. The maximum Gasteiger partial charge on any atom is 0.292 e. The average Bonchev–Trinajstić information content (AvgIpc) is 2.86. The van der Waals surface area contributed by atoms with E-state index in [-0.39, 0.29) is 10.6 Å². The van der Waals surface area contributed by atoms with E-state index in [4.69, 9.17) is 0 Å². The van der Waals surface area contributed by atoms with E-state index in [1.54, 1.807) is 6.07 Å². The van der Waals surface area contributed by atoms with Crippen LogP contribution in [0.15, 0.2) is 30.5 Å². The molecule has 0 aliphatic rings. The molecule has 2 rings (SSSR count). The van der Waals surface area contributed by atoms with Crippen LogP contribution >= 0.6 is 0 Å². The van der Waals surface area contributed by atoms with Gasteiger partial charge < -0.3 is 9.88 Å². The normalized spacial score (nSPS) is 10.6. The van der Waals surface area contributed by atoms with Gasteiger partial charge in [-0.2, -0.15) is 0 Å². The third-order valence-electron chi connectivity index (χ3n) is 3.53. The Balaban J connectivity index is 2.25. The van der Waals surface area contributed by atoms with Crippen LogP contribution in [0.2, 0.25) is 0 Å². The molecule has 106 valence electrons. The van der Waals surface area contributed by atoms with Crippen LogP contribution in [-0.4, -0.2) is 9.49 Å². The van der Waals surface area contributed by atoms with Crippen molar-refractivity contribution < 1.29 is 4.92 Å². The van der Waals surface area contributed by atoms with E-state index in [2.05, 4.69) is 16.8 Å². The van der Waals surface area contributed by atoms with Crippen LogP contribution in [0, 0.1) is 24.0 Å². The molecule has 0 amide bonds. The summed E-state index contributed by atoms with van der Waals surface area (Å²) < 4.78 is 2.11. The summed E-state index contributed by atoms with van der Waals surface area (Å²) in [5, 5.41) is 14.3. The lowest BCUT2D eigenvalue weighted by atomic mass is 10.1. The number of nitrogens with one attached hydrogen (secondary N) is 1. The van der Waals surface area contributed by atoms with E-state index in [9.17, 15) is 10.1 Å². The Morgan fingerprint density at radius 3 is 2.65 bits per heavy atom. The Bertz CT molecular complexity index is 632. The van der Waals surface area contributed by atoms with Gasteiger partial charge in [0.1, 0.15) is 5.69 Å². The van der Waals surface area contributed by atoms with Crippen LogP contribution in [0.4, 0.5) is 11.4 Å². The summed E-state index contributed by atoms with van der Waals surface area (Å²) in [5.41, 5.74) is 3.79. The Hall–Kier alpha value is -2.30. The molecule has 0 saturated heterocycles. The molecule has 0 radical (unpaired) electrons. The molecule has 20 heavy (non-hydrogen) atoms. The highest BCUT2D eigenvalue weighted by molar-refractivity contribution is 5.64. The standard InChI is InChI=1S/C15H19N3O2/c1-4-17-7-5-6-13(17)10-16-14-8-11(2)12(3)9-15(14)18(19)20/h5-9,16H,4,10H2,1-3H3. The molecule has 5 nitrogen and oxygen atoms in total. The first-order valence-corrected chi connectivity index (χ1v) is 6.66. The maximum absolute atomic E-state index is 11.1. The van der Waals surface area contributed by atoms with E-state index < -0.39 is 0 Å². The van der Waals surface area contributed by atoms with Crippen molar-refractivity contribution in [1.29, 1.82) is 0 Å². The monoisotopic (exact) mass is 273 g/mol. The van der Waals surface area contributed by atoms with Gasteiger partial charge in [-0.05, 0) is 50.1 Å². The number of nitro groups is 1. The zero-order valence-electron chi connectivity index (χ0n) is 12.0. The molecule has 0 unspecified atom stereocenters. The van der Waals surface area contributed by atoms with Gasteiger partial charge in [-0.15, -0.1) is 0 Å². The topological polar surface area (TPSA) is 60.1 Å². The van der Waals surface area contributed by atoms with Crippen molar-refractivity contribution in [2.75, 3.05) is 5.32 Å². The van der Waals surface area contributed by atoms with E-state index in [1.807, 2.05) is 38.2 Å². The third kappa shape index (κ3) is 2.82. The third-order valence-corrected chi connectivity index (χ3v) is 3.53. The summed E-state index contributed by atoms with van der Waals surface area (Å²) in [6.07, 6.45) is 2.01. The summed E-state index contributed by atoms with van der Waals surface area (Å²) in [7, 11) is 0. The van der Waals surface area contributed by atoms with Gasteiger partial charge in [0.05, 0.1) is 11.5 Å². The van der Waals surface area contributed by atoms with Gasteiger partial charge in [0.2, 0.25) is 0 Å². The minimum absolute atomic E-state index is 0.128. The quantitative estimate of drug-likeness (QED) is 0.668. The van der Waals surface area contributed by atoms with Gasteiger partial charge in [0, 0.05) is 24.5 Å². The molecule has 5 heteroatoms. The van der Waals surface area contributed by atoms with Crippen LogP contribution in [0.25, 0.3) is 0 Å². The summed E-state index contributed by atoms with van der Waals surface area (Å²) in [5.74, 6) is 0. The first-order chi connectivity index (χ1) is 9.52. The minimum Gasteiger partial charge on any atom is -0.374 e. The average molecular weight is 273 g/mol. The zero-order chi connectivity index (χ0) is 14.7. The highest BCUT2D eigenvalue weighted by atomic mass is 16.6. The molecule has 0 saturated carbocycles. The van der Waals surface area contributed by atoms with Crippen molar-refractivity contribution >= 4 is 11.4 Å². The number of aromatic nitrogens is 1. The predicted octanol–water partition coefficient (Wildman–Crippen LogP) is 3.65. The van der Waals surface area contributed by atoms with Crippen molar-refractivity contribution in [2.24, 2.45) is 0 Å². The van der Waals surface area contributed by atoms with Gasteiger partial charge >= 0.3 is 0 Å². The Labute approximate surface area is 118 Å². The molecule has 2 aromatic rings. The molecule has 1 heterocycles. The summed E-state index contributed by atoms with van der Waals surface area (Å²) >= 11 is 0. The zero-order valence-corrected chi connectivity index (χ0v) is 12.0. The number of anilines is 1. The fourth-order valence-corrected chi connectivity index (χ4v) is 2.20. The molecule has 0 atom stereocenters. The van der Waals surface area contributed by atoms with Crippen molar-refractivity contribution in [1.82, 2.24) is 4.57 Å².